The van der Waals surface area contributed by atoms with Crippen molar-refractivity contribution < 1.29 is 23.7 Å². The summed E-state index contributed by atoms with van der Waals surface area (Å²) < 4.78 is 27.9. The molecule has 2 heterocycles. The second-order valence-electron chi connectivity index (χ2n) is 6.95. The van der Waals surface area contributed by atoms with E-state index in [9.17, 15) is 0 Å². The molecule has 7 heteroatoms. The molecule has 1 aliphatic rings. The quantitative estimate of drug-likeness (QED) is 0.547. The van der Waals surface area contributed by atoms with Crippen LogP contribution in [0.3, 0.4) is 0 Å². The largest absolute Gasteiger partial charge is 0.497 e. The Morgan fingerprint density at radius 2 is 1.23 bits per heavy atom. The standard InChI is InChI=1S/C23H25NO5S/c1-24-12-13-7-20(22-18(28-5)10-15(26-3)11-19(22)29-6)30-23(13)21-16(24)8-14(25-2)9-17(21)27-4/h7-11H,12H2,1-6H3. The molecule has 0 aliphatic carbocycles. The Balaban J connectivity index is 1.93. The lowest BCUT2D eigenvalue weighted by atomic mass is 9.99. The highest BCUT2D eigenvalue weighted by atomic mass is 32.1. The lowest BCUT2D eigenvalue weighted by molar-refractivity contribution is 0.377. The van der Waals surface area contributed by atoms with Gasteiger partial charge in [-0.1, -0.05) is 0 Å². The maximum absolute atomic E-state index is 5.73. The van der Waals surface area contributed by atoms with E-state index in [-0.39, 0.29) is 0 Å². The summed E-state index contributed by atoms with van der Waals surface area (Å²) in [5.41, 5.74) is 4.30. The molecular formula is C23H25NO5S. The molecule has 0 atom stereocenters. The minimum atomic E-state index is 0.688. The van der Waals surface area contributed by atoms with Crippen molar-refractivity contribution in [2.45, 2.75) is 6.54 Å². The third kappa shape index (κ3) is 3.19. The maximum atomic E-state index is 5.73. The van der Waals surface area contributed by atoms with E-state index >= 15 is 0 Å². The normalized spacial score (nSPS) is 12.1. The SMILES string of the molecule is COc1cc(OC)c(-c2cc3c(s2)-c2c(OC)cc(OC)cc2N(C)C3)c(OC)c1. The topological polar surface area (TPSA) is 49.4 Å². The minimum Gasteiger partial charge on any atom is -0.497 e. The van der Waals surface area contributed by atoms with Crippen molar-refractivity contribution in [3.05, 3.63) is 35.9 Å². The Kier molecular flexibility index (Phi) is 5.39. The van der Waals surface area contributed by atoms with Crippen LogP contribution in [0, 0.1) is 0 Å². The van der Waals surface area contributed by atoms with Crippen LogP contribution >= 0.6 is 11.3 Å². The molecule has 158 valence electrons. The first-order chi connectivity index (χ1) is 14.5. The van der Waals surface area contributed by atoms with Gasteiger partial charge in [-0.3, -0.25) is 0 Å². The number of rotatable bonds is 6. The number of hydrogen-bond donors (Lipinski definition) is 0. The molecule has 0 amide bonds. The number of methoxy groups -OCH3 is 5. The summed E-state index contributed by atoms with van der Waals surface area (Å²) in [6, 6.07) is 9.94. The molecule has 0 fully saturated rings. The van der Waals surface area contributed by atoms with Gasteiger partial charge in [0.15, 0.2) is 0 Å². The average Bonchev–Trinajstić information content (AvgIpc) is 3.20. The minimum absolute atomic E-state index is 0.688. The predicted molar refractivity (Wildman–Crippen MR) is 120 cm³/mol. The van der Waals surface area contributed by atoms with E-state index in [2.05, 4.69) is 24.1 Å². The second-order valence-corrected chi connectivity index (χ2v) is 8.00. The van der Waals surface area contributed by atoms with E-state index in [0.29, 0.717) is 17.2 Å². The van der Waals surface area contributed by atoms with Crippen LogP contribution in [0.15, 0.2) is 30.3 Å². The summed E-state index contributed by atoms with van der Waals surface area (Å²) in [6.45, 7) is 0.788. The van der Waals surface area contributed by atoms with Gasteiger partial charge < -0.3 is 28.6 Å². The van der Waals surface area contributed by atoms with Crippen molar-refractivity contribution in [2.75, 3.05) is 47.5 Å². The van der Waals surface area contributed by atoms with Gasteiger partial charge in [0.2, 0.25) is 0 Å². The van der Waals surface area contributed by atoms with E-state index in [1.165, 1.54) is 10.4 Å². The number of benzene rings is 2. The Labute approximate surface area is 180 Å². The van der Waals surface area contributed by atoms with Gasteiger partial charge >= 0.3 is 0 Å². The van der Waals surface area contributed by atoms with E-state index in [1.54, 1.807) is 46.9 Å². The van der Waals surface area contributed by atoms with Crippen LogP contribution in [0.4, 0.5) is 5.69 Å². The average molecular weight is 428 g/mol. The molecule has 1 aromatic heterocycles. The fourth-order valence-electron chi connectivity index (χ4n) is 3.85. The molecule has 0 radical (unpaired) electrons. The first-order valence-corrected chi connectivity index (χ1v) is 10.3. The fourth-order valence-corrected chi connectivity index (χ4v) is 5.14. The number of fused-ring (bicyclic) bond motifs is 3. The van der Waals surface area contributed by atoms with Crippen molar-refractivity contribution in [2.24, 2.45) is 0 Å². The Morgan fingerprint density at radius 1 is 0.700 bits per heavy atom. The van der Waals surface area contributed by atoms with Crippen molar-refractivity contribution in [1.29, 1.82) is 0 Å². The highest BCUT2D eigenvalue weighted by Gasteiger charge is 2.28. The van der Waals surface area contributed by atoms with Crippen LogP contribution in [0.5, 0.6) is 28.7 Å². The van der Waals surface area contributed by atoms with Gasteiger partial charge in [-0.15, -0.1) is 11.3 Å². The van der Waals surface area contributed by atoms with Gasteiger partial charge in [0, 0.05) is 47.6 Å². The zero-order chi connectivity index (χ0) is 21.4. The Hall–Kier alpha value is -3.06. The summed E-state index contributed by atoms with van der Waals surface area (Å²) in [4.78, 5) is 4.45. The molecular weight excluding hydrogens is 402 g/mol. The van der Waals surface area contributed by atoms with Gasteiger partial charge in [0.1, 0.15) is 28.7 Å². The molecule has 6 nitrogen and oxygen atoms in total. The number of ether oxygens (including phenoxy) is 5. The Morgan fingerprint density at radius 3 is 1.77 bits per heavy atom. The number of hydrogen-bond acceptors (Lipinski definition) is 7. The van der Waals surface area contributed by atoms with Gasteiger partial charge in [-0.25, -0.2) is 0 Å². The van der Waals surface area contributed by atoms with Gasteiger partial charge in [0.25, 0.3) is 0 Å². The molecule has 0 N–H and O–H groups in total. The molecule has 0 unspecified atom stereocenters. The maximum Gasteiger partial charge on any atom is 0.134 e. The monoisotopic (exact) mass is 427 g/mol. The van der Waals surface area contributed by atoms with Gasteiger partial charge in [0.05, 0.1) is 52.4 Å². The van der Waals surface area contributed by atoms with Crippen molar-refractivity contribution in [3.8, 4) is 49.6 Å². The van der Waals surface area contributed by atoms with Crippen LogP contribution in [-0.2, 0) is 6.54 Å². The van der Waals surface area contributed by atoms with Crippen LogP contribution in [0.25, 0.3) is 20.9 Å². The van der Waals surface area contributed by atoms with Gasteiger partial charge in [-0.05, 0) is 11.6 Å². The molecule has 0 saturated carbocycles. The number of thiophene rings is 1. The zero-order valence-corrected chi connectivity index (χ0v) is 18.8. The molecule has 2 aromatic carbocycles. The molecule has 0 saturated heterocycles. The molecule has 0 bridgehead atoms. The summed E-state index contributed by atoms with van der Waals surface area (Å²) in [5, 5.41) is 0. The van der Waals surface area contributed by atoms with Crippen LogP contribution in [0.1, 0.15) is 5.56 Å². The lowest BCUT2D eigenvalue weighted by Crippen LogP contribution is -2.21. The van der Waals surface area contributed by atoms with Crippen molar-refractivity contribution >= 4 is 17.0 Å². The van der Waals surface area contributed by atoms with Crippen molar-refractivity contribution in [1.82, 2.24) is 0 Å². The van der Waals surface area contributed by atoms with E-state index in [1.807, 2.05) is 18.2 Å². The highest BCUT2D eigenvalue weighted by molar-refractivity contribution is 7.19. The summed E-state index contributed by atoms with van der Waals surface area (Å²) in [5.74, 6) is 3.67. The van der Waals surface area contributed by atoms with Crippen LogP contribution in [0.2, 0.25) is 0 Å². The van der Waals surface area contributed by atoms with Gasteiger partial charge in [-0.2, -0.15) is 0 Å². The van der Waals surface area contributed by atoms with Crippen molar-refractivity contribution in [3.63, 3.8) is 0 Å². The molecule has 4 rings (SSSR count). The highest BCUT2D eigenvalue weighted by Crippen LogP contribution is 2.53. The first kappa shape index (κ1) is 20.2. The molecule has 0 spiro atoms. The second kappa shape index (κ2) is 7.99. The summed E-state index contributed by atoms with van der Waals surface area (Å²) in [6.07, 6.45) is 0. The predicted octanol–water partition coefficient (Wildman–Crippen LogP) is 5.07. The molecule has 30 heavy (non-hydrogen) atoms. The van der Waals surface area contributed by atoms with Crippen LogP contribution < -0.4 is 28.6 Å². The lowest BCUT2D eigenvalue weighted by Gasteiger charge is -2.29. The smallest absolute Gasteiger partial charge is 0.134 e. The Bertz CT molecular complexity index is 1070. The first-order valence-electron chi connectivity index (χ1n) is 9.45. The third-order valence-corrected chi connectivity index (χ3v) is 6.54. The summed E-state index contributed by atoms with van der Waals surface area (Å²) in [7, 11) is 10.4. The molecule has 3 aromatic rings. The summed E-state index contributed by atoms with van der Waals surface area (Å²) >= 11 is 1.70. The van der Waals surface area contributed by atoms with Crippen LogP contribution in [-0.4, -0.2) is 42.6 Å². The zero-order valence-electron chi connectivity index (χ0n) is 18.0. The number of nitrogens with zero attached hydrogens (tertiary/aromatic N) is 1. The van der Waals surface area contributed by atoms with E-state index in [0.717, 1.165) is 39.7 Å². The third-order valence-electron chi connectivity index (χ3n) is 5.33. The number of anilines is 1. The fraction of sp³-hybridized carbons (Fsp3) is 0.304. The van der Waals surface area contributed by atoms with E-state index < -0.39 is 0 Å². The van der Waals surface area contributed by atoms with E-state index in [4.69, 9.17) is 23.7 Å². The molecule has 1 aliphatic heterocycles.